The summed E-state index contributed by atoms with van der Waals surface area (Å²) >= 11 is 7.40. The molecule has 4 nitrogen and oxygen atoms in total. The lowest BCUT2D eigenvalue weighted by Crippen LogP contribution is -2.11. The Balaban J connectivity index is 2.29. The Morgan fingerprint density at radius 3 is 2.58 bits per heavy atom. The Kier molecular flexibility index (Phi) is 4.29. The zero-order valence-corrected chi connectivity index (χ0v) is 12.0. The second-order valence-corrected chi connectivity index (χ2v) is 4.97. The average molecular weight is 298 g/mol. The first-order valence-electron chi connectivity index (χ1n) is 5.42. The molecule has 0 bridgehead atoms. The van der Waals surface area contributed by atoms with Gasteiger partial charge in [-0.1, -0.05) is 17.7 Å². The average Bonchev–Trinajstić information content (AvgIpc) is 2.93. The smallest absolute Gasteiger partial charge is 0.265 e. The number of methoxy groups -OCH3 is 2. The molecular formula is C13H12ClNO3S. The van der Waals surface area contributed by atoms with Crippen LogP contribution in [0.3, 0.4) is 0 Å². The third kappa shape index (κ3) is 3.00. The van der Waals surface area contributed by atoms with Gasteiger partial charge >= 0.3 is 0 Å². The van der Waals surface area contributed by atoms with Crippen LogP contribution >= 0.6 is 22.9 Å². The van der Waals surface area contributed by atoms with Gasteiger partial charge in [0, 0.05) is 6.07 Å². The molecular weight excluding hydrogens is 286 g/mol. The Bertz CT molecular complexity index is 584. The van der Waals surface area contributed by atoms with Crippen molar-refractivity contribution in [2.24, 2.45) is 0 Å². The van der Waals surface area contributed by atoms with Crippen LogP contribution in [0.4, 0.5) is 5.69 Å². The first kappa shape index (κ1) is 13.7. The van der Waals surface area contributed by atoms with Crippen LogP contribution in [0, 0.1) is 0 Å². The van der Waals surface area contributed by atoms with Crippen LogP contribution in [0.25, 0.3) is 0 Å². The summed E-state index contributed by atoms with van der Waals surface area (Å²) in [6.45, 7) is 0. The summed E-state index contributed by atoms with van der Waals surface area (Å²) in [4.78, 5) is 12.6. The van der Waals surface area contributed by atoms with E-state index in [1.165, 1.54) is 25.6 Å². The second kappa shape index (κ2) is 5.95. The first-order valence-corrected chi connectivity index (χ1v) is 6.68. The van der Waals surface area contributed by atoms with Crippen LogP contribution < -0.4 is 14.8 Å². The van der Waals surface area contributed by atoms with Crippen molar-refractivity contribution in [2.75, 3.05) is 19.5 Å². The number of nitrogens with one attached hydrogen (secondary N) is 1. The van der Waals surface area contributed by atoms with Gasteiger partial charge in [0.25, 0.3) is 5.91 Å². The molecule has 0 saturated heterocycles. The molecule has 0 unspecified atom stereocenters. The molecule has 0 atom stereocenters. The standard InChI is InChI=1S/C13H12ClNO3S/c1-17-10-7-11(18-2)9(6-8(10)14)15-13(16)12-4-3-5-19-12/h3-7H,1-2H3,(H,15,16). The van der Waals surface area contributed by atoms with Crippen molar-refractivity contribution in [1.29, 1.82) is 0 Å². The number of rotatable bonds is 4. The lowest BCUT2D eigenvalue weighted by molar-refractivity contribution is 0.103. The van der Waals surface area contributed by atoms with E-state index in [4.69, 9.17) is 21.1 Å². The Morgan fingerprint density at radius 1 is 1.26 bits per heavy atom. The molecule has 0 fully saturated rings. The number of carbonyl (C=O) groups excluding carboxylic acids is 1. The molecule has 2 aromatic rings. The van der Waals surface area contributed by atoms with E-state index >= 15 is 0 Å². The molecule has 0 aliphatic carbocycles. The molecule has 100 valence electrons. The zero-order chi connectivity index (χ0) is 13.8. The Labute approximate surface area is 119 Å². The fourth-order valence-corrected chi connectivity index (χ4v) is 2.41. The highest BCUT2D eigenvalue weighted by atomic mass is 35.5. The van der Waals surface area contributed by atoms with Crippen molar-refractivity contribution in [3.05, 3.63) is 39.5 Å². The van der Waals surface area contributed by atoms with Gasteiger partial charge in [-0.05, 0) is 17.5 Å². The molecule has 1 aromatic heterocycles. The van der Waals surface area contributed by atoms with Crippen LogP contribution in [-0.2, 0) is 0 Å². The maximum atomic E-state index is 12.0. The molecule has 0 aliphatic rings. The number of thiophene rings is 1. The summed E-state index contributed by atoms with van der Waals surface area (Å²) in [6.07, 6.45) is 0. The predicted octanol–water partition coefficient (Wildman–Crippen LogP) is 3.67. The van der Waals surface area contributed by atoms with Crippen molar-refractivity contribution in [3.63, 3.8) is 0 Å². The Hall–Kier alpha value is -1.72. The van der Waals surface area contributed by atoms with Gasteiger partial charge in [-0.15, -0.1) is 11.3 Å². The third-order valence-electron chi connectivity index (χ3n) is 2.47. The zero-order valence-electron chi connectivity index (χ0n) is 10.4. The molecule has 0 saturated carbocycles. The maximum absolute atomic E-state index is 12.0. The fraction of sp³-hybridized carbons (Fsp3) is 0.154. The molecule has 0 radical (unpaired) electrons. The van der Waals surface area contributed by atoms with Gasteiger partial charge in [-0.3, -0.25) is 4.79 Å². The van der Waals surface area contributed by atoms with E-state index in [1.807, 2.05) is 11.4 Å². The van der Waals surface area contributed by atoms with E-state index in [2.05, 4.69) is 5.32 Å². The molecule has 0 spiro atoms. The van der Waals surface area contributed by atoms with Crippen molar-refractivity contribution < 1.29 is 14.3 Å². The highest BCUT2D eigenvalue weighted by molar-refractivity contribution is 7.12. The summed E-state index contributed by atoms with van der Waals surface area (Å²) in [6, 6.07) is 6.80. The maximum Gasteiger partial charge on any atom is 0.265 e. The van der Waals surface area contributed by atoms with Gasteiger partial charge in [0.1, 0.15) is 11.5 Å². The van der Waals surface area contributed by atoms with Gasteiger partial charge in [-0.2, -0.15) is 0 Å². The molecule has 2 rings (SSSR count). The van der Waals surface area contributed by atoms with Crippen molar-refractivity contribution in [1.82, 2.24) is 0 Å². The third-order valence-corrected chi connectivity index (χ3v) is 3.63. The van der Waals surface area contributed by atoms with Gasteiger partial charge in [0.15, 0.2) is 0 Å². The summed E-state index contributed by atoms with van der Waals surface area (Å²) in [5.74, 6) is 0.785. The van der Waals surface area contributed by atoms with Gasteiger partial charge in [0.2, 0.25) is 0 Å². The van der Waals surface area contributed by atoms with Crippen LogP contribution in [0.15, 0.2) is 29.6 Å². The lowest BCUT2D eigenvalue weighted by atomic mass is 10.2. The first-order chi connectivity index (χ1) is 9.15. The molecule has 0 aliphatic heterocycles. The van der Waals surface area contributed by atoms with Crippen molar-refractivity contribution in [2.45, 2.75) is 0 Å². The van der Waals surface area contributed by atoms with Gasteiger partial charge in [0.05, 0.1) is 29.8 Å². The van der Waals surface area contributed by atoms with Crippen molar-refractivity contribution in [3.8, 4) is 11.5 Å². The number of amides is 1. The molecule has 1 amide bonds. The number of benzene rings is 1. The van der Waals surface area contributed by atoms with E-state index in [0.29, 0.717) is 27.1 Å². The lowest BCUT2D eigenvalue weighted by Gasteiger charge is -2.12. The molecule has 1 aromatic carbocycles. The number of hydrogen-bond donors (Lipinski definition) is 1. The summed E-state index contributed by atoms with van der Waals surface area (Å²) in [5.41, 5.74) is 0.506. The van der Waals surface area contributed by atoms with Crippen LogP contribution in [0.5, 0.6) is 11.5 Å². The van der Waals surface area contributed by atoms with Crippen molar-refractivity contribution >= 4 is 34.5 Å². The minimum atomic E-state index is -0.200. The van der Waals surface area contributed by atoms with E-state index in [-0.39, 0.29) is 5.91 Å². The number of ether oxygens (including phenoxy) is 2. The van der Waals surface area contributed by atoms with E-state index < -0.39 is 0 Å². The number of hydrogen-bond acceptors (Lipinski definition) is 4. The van der Waals surface area contributed by atoms with Crippen LogP contribution in [0.1, 0.15) is 9.67 Å². The van der Waals surface area contributed by atoms with Gasteiger partial charge < -0.3 is 14.8 Å². The number of carbonyl (C=O) groups is 1. The SMILES string of the molecule is COc1cc(OC)c(NC(=O)c2cccs2)cc1Cl. The molecule has 1 N–H and O–H groups in total. The van der Waals surface area contributed by atoms with Gasteiger partial charge in [-0.25, -0.2) is 0 Å². The summed E-state index contributed by atoms with van der Waals surface area (Å²) in [7, 11) is 3.04. The Morgan fingerprint density at radius 2 is 2.00 bits per heavy atom. The quantitative estimate of drug-likeness (QED) is 0.936. The van der Waals surface area contributed by atoms with E-state index in [9.17, 15) is 4.79 Å². The highest BCUT2D eigenvalue weighted by Gasteiger charge is 2.14. The highest BCUT2D eigenvalue weighted by Crippen LogP contribution is 2.36. The largest absolute Gasteiger partial charge is 0.495 e. The summed E-state index contributed by atoms with van der Waals surface area (Å²) in [5, 5.41) is 5.01. The minimum absolute atomic E-state index is 0.200. The fourth-order valence-electron chi connectivity index (χ4n) is 1.55. The van der Waals surface area contributed by atoms with Crippen LogP contribution in [-0.4, -0.2) is 20.1 Å². The minimum Gasteiger partial charge on any atom is -0.495 e. The topological polar surface area (TPSA) is 47.6 Å². The van der Waals surface area contributed by atoms with E-state index in [1.54, 1.807) is 18.2 Å². The number of anilines is 1. The molecule has 6 heteroatoms. The normalized spacial score (nSPS) is 10.1. The predicted molar refractivity (Wildman–Crippen MR) is 76.8 cm³/mol. The number of halogens is 1. The summed E-state index contributed by atoms with van der Waals surface area (Å²) < 4.78 is 10.3. The molecule has 19 heavy (non-hydrogen) atoms. The molecule has 1 heterocycles. The van der Waals surface area contributed by atoms with Crippen LogP contribution in [0.2, 0.25) is 5.02 Å². The van der Waals surface area contributed by atoms with E-state index in [0.717, 1.165) is 0 Å². The second-order valence-electron chi connectivity index (χ2n) is 3.62. The monoisotopic (exact) mass is 297 g/mol.